The van der Waals surface area contributed by atoms with Crippen molar-refractivity contribution in [2.24, 2.45) is 0 Å². The summed E-state index contributed by atoms with van der Waals surface area (Å²) >= 11 is 15.5. The topological polar surface area (TPSA) is 21.3 Å². The average molecular weight is 375 g/mol. The zero-order valence-electron chi connectivity index (χ0n) is 10.9. The number of hydrogen-bond donors (Lipinski definition) is 1. The number of rotatable bonds is 5. The van der Waals surface area contributed by atoms with E-state index in [0.29, 0.717) is 15.8 Å². The van der Waals surface area contributed by atoms with E-state index >= 15 is 0 Å². The Bertz CT molecular complexity index is 604. The lowest BCUT2D eigenvalue weighted by molar-refractivity contribution is 0.473. The highest BCUT2D eigenvalue weighted by atomic mass is 79.9. The molecular weight excluding hydrogens is 361 g/mol. The van der Waals surface area contributed by atoms with Gasteiger partial charge in [0.05, 0.1) is 5.02 Å². The minimum Gasteiger partial charge on any atom is -0.455 e. The van der Waals surface area contributed by atoms with Crippen molar-refractivity contribution in [2.75, 3.05) is 6.54 Å². The van der Waals surface area contributed by atoms with Crippen molar-refractivity contribution in [1.29, 1.82) is 0 Å². The quantitative estimate of drug-likeness (QED) is 0.729. The summed E-state index contributed by atoms with van der Waals surface area (Å²) < 4.78 is 6.87. The Labute approximate surface area is 137 Å². The fourth-order valence-electron chi connectivity index (χ4n) is 1.71. The Morgan fingerprint density at radius 1 is 1.10 bits per heavy atom. The van der Waals surface area contributed by atoms with Crippen LogP contribution in [-0.4, -0.2) is 6.54 Å². The molecule has 2 rings (SSSR count). The lowest BCUT2D eigenvalue weighted by Crippen LogP contribution is -2.12. The minimum atomic E-state index is 0.492. The van der Waals surface area contributed by atoms with Gasteiger partial charge in [-0.1, -0.05) is 52.1 Å². The highest BCUT2D eigenvalue weighted by molar-refractivity contribution is 9.10. The SMILES string of the molecule is CCNCc1ccc(Br)cc1Oc1ccc(Cl)cc1Cl. The number of ether oxygens (including phenoxy) is 1. The van der Waals surface area contributed by atoms with Gasteiger partial charge in [0.15, 0.2) is 0 Å². The third-order valence-corrected chi connectivity index (χ3v) is 3.73. The molecule has 0 amide bonds. The molecule has 0 atom stereocenters. The fourth-order valence-corrected chi connectivity index (χ4v) is 2.49. The molecule has 0 saturated heterocycles. The molecule has 0 aliphatic carbocycles. The number of hydrogen-bond acceptors (Lipinski definition) is 2. The van der Waals surface area contributed by atoms with Crippen LogP contribution in [0.3, 0.4) is 0 Å². The summed E-state index contributed by atoms with van der Waals surface area (Å²) in [5, 5.41) is 4.36. The summed E-state index contributed by atoms with van der Waals surface area (Å²) in [6.45, 7) is 3.71. The van der Waals surface area contributed by atoms with Crippen molar-refractivity contribution in [2.45, 2.75) is 13.5 Å². The van der Waals surface area contributed by atoms with E-state index in [4.69, 9.17) is 27.9 Å². The number of halogens is 3. The van der Waals surface area contributed by atoms with Gasteiger partial charge in [-0.25, -0.2) is 0 Å². The molecule has 0 radical (unpaired) electrons. The van der Waals surface area contributed by atoms with Crippen molar-refractivity contribution in [3.63, 3.8) is 0 Å². The van der Waals surface area contributed by atoms with Gasteiger partial charge in [-0.3, -0.25) is 0 Å². The van der Waals surface area contributed by atoms with Crippen LogP contribution in [0.4, 0.5) is 0 Å². The van der Waals surface area contributed by atoms with Crippen LogP contribution in [0.2, 0.25) is 10.0 Å². The molecule has 20 heavy (non-hydrogen) atoms. The Morgan fingerprint density at radius 3 is 2.60 bits per heavy atom. The fraction of sp³-hybridized carbons (Fsp3) is 0.200. The van der Waals surface area contributed by atoms with Gasteiger partial charge >= 0.3 is 0 Å². The second-order valence-corrected chi connectivity index (χ2v) is 5.97. The molecule has 106 valence electrons. The Hall–Kier alpha value is -0.740. The number of nitrogens with one attached hydrogen (secondary N) is 1. The van der Waals surface area contributed by atoms with E-state index < -0.39 is 0 Å². The zero-order chi connectivity index (χ0) is 14.5. The van der Waals surface area contributed by atoms with Crippen molar-refractivity contribution in [3.8, 4) is 11.5 Å². The lowest BCUT2D eigenvalue weighted by Gasteiger charge is -2.13. The van der Waals surface area contributed by atoms with Crippen molar-refractivity contribution in [1.82, 2.24) is 5.32 Å². The molecule has 0 aliphatic rings. The van der Waals surface area contributed by atoms with Crippen LogP contribution in [0.5, 0.6) is 11.5 Å². The van der Waals surface area contributed by atoms with E-state index in [1.54, 1.807) is 18.2 Å². The zero-order valence-corrected chi connectivity index (χ0v) is 14.0. The van der Waals surface area contributed by atoms with Crippen LogP contribution in [-0.2, 0) is 6.54 Å². The van der Waals surface area contributed by atoms with E-state index in [-0.39, 0.29) is 0 Å². The van der Waals surface area contributed by atoms with E-state index in [1.165, 1.54) is 0 Å². The molecule has 1 N–H and O–H groups in total. The maximum absolute atomic E-state index is 6.14. The third-order valence-electron chi connectivity index (χ3n) is 2.71. The minimum absolute atomic E-state index is 0.492. The Balaban J connectivity index is 2.29. The van der Waals surface area contributed by atoms with Gasteiger partial charge in [0.2, 0.25) is 0 Å². The highest BCUT2D eigenvalue weighted by Crippen LogP contribution is 2.34. The van der Waals surface area contributed by atoms with Crippen molar-refractivity contribution < 1.29 is 4.74 Å². The molecule has 0 heterocycles. The molecule has 0 unspecified atom stereocenters. The van der Waals surface area contributed by atoms with E-state index in [1.807, 2.05) is 18.2 Å². The predicted molar refractivity (Wildman–Crippen MR) is 88.1 cm³/mol. The van der Waals surface area contributed by atoms with Gasteiger partial charge in [-0.15, -0.1) is 0 Å². The first-order valence-corrected chi connectivity index (χ1v) is 7.77. The maximum atomic E-state index is 6.14. The van der Waals surface area contributed by atoms with Crippen LogP contribution < -0.4 is 10.1 Å². The van der Waals surface area contributed by atoms with E-state index in [9.17, 15) is 0 Å². The molecule has 0 saturated carbocycles. The van der Waals surface area contributed by atoms with Gasteiger partial charge < -0.3 is 10.1 Å². The van der Waals surface area contributed by atoms with E-state index in [0.717, 1.165) is 28.9 Å². The van der Waals surface area contributed by atoms with E-state index in [2.05, 4.69) is 28.2 Å². The molecule has 0 aliphatic heterocycles. The first kappa shape index (κ1) is 15.6. The summed E-state index contributed by atoms with van der Waals surface area (Å²) in [7, 11) is 0. The second kappa shape index (κ2) is 7.32. The highest BCUT2D eigenvalue weighted by Gasteiger charge is 2.09. The van der Waals surface area contributed by atoms with Crippen LogP contribution in [0, 0.1) is 0 Å². The molecule has 0 spiro atoms. The molecule has 2 aromatic rings. The normalized spacial score (nSPS) is 10.6. The molecule has 0 aromatic heterocycles. The third kappa shape index (κ3) is 4.13. The monoisotopic (exact) mass is 373 g/mol. The molecular formula is C15H14BrCl2NO. The molecule has 0 bridgehead atoms. The van der Waals surface area contributed by atoms with Gasteiger partial charge in [-0.05, 0) is 36.9 Å². The molecule has 2 nitrogen and oxygen atoms in total. The summed E-state index contributed by atoms with van der Waals surface area (Å²) in [4.78, 5) is 0. The summed E-state index contributed by atoms with van der Waals surface area (Å²) in [6.07, 6.45) is 0. The Morgan fingerprint density at radius 2 is 1.90 bits per heavy atom. The maximum Gasteiger partial charge on any atom is 0.146 e. The van der Waals surface area contributed by atoms with Crippen LogP contribution in [0.1, 0.15) is 12.5 Å². The first-order valence-electron chi connectivity index (χ1n) is 6.22. The van der Waals surface area contributed by atoms with Gasteiger partial charge in [0.25, 0.3) is 0 Å². The average Bonchev–Trinajstić information content (AvgIpc) is 2.41. The van der Waals surface area contributed by atoms with Crippen LogP contribution in [0.25, 0.3) is 0 Å². The standard InChI is InChI=1S/C15H14BrCl2NO/c1-2-19-9-10-3-4-11(16)7-15(10)20-14-6-5-12(17)8-13(14)18/h3-8,19H,2,9H2,1H3. The van der Waals surface area contributed by atoms with Crippen LogP contribution in [0.15, 0.2) is 40.9 Å². The summed E-state index contributed by atoms with van der Waals surface area (Å²) in [5.41, 5.74) is 1.07. The smallest absolute Gasteiger partial charge is 0.146 e. The van der Waals surface area contributed by atoms with Gasteiger partial charge in [0.1, 0.15) is 11.5 Å². The first-order chi connectivity index (χ1) is 9.60. The largest absolute Gasteiger partial charge is 0.455 e. The van der Waals surface area contributed by atoms with Crippen molar-refractivity contribution in [3.05, 3.63) is 56.5 Å². The lowest BCUT2D eigenvalue weighted by atomic mass is 10.2. The van der Waals surface area contributed by atoms with Crippen molar-refractivity contribution >= 4 is 39.1 Å². The van der Waals surface area contributed by atoms with Crippen LogP contribution >= 0.6 is 39.1 Å². The Kier molecular flexibility index (Phi) is 5.73. The summed E-state index contributed by atoms with van der Waals surface area (Å²) in [5.74, 6) is 1.36. The predicted octanol–water partition coefficient (Wildman–Crippen LogP) is 5.66. The van der Waals surface area contributed by atoms with Gasteiger partial charge in [0, 0.05) is 21.6 Å². The molecule has 2 aromatic carbocycles. The second-order valence-electron chi connectivity index (χ2n) is 4.21. The molecule has 5 heteroatoms. The summed E-state index contributed by atoms with van der Waals surface area (Å²) in [6, 6.07) is 11.1. The molecule has 0 fully saturated rings. The number of benzene rings is 2. The van der Waals surface area contributed by atoms with Gasteiger partial charge in [-0.2, -0.15) is 0 Å².